The van der Waals surface area contributed by atoms with Crippen LogP contribution in [-0.2, 0) is 20.0 Å². The van der Waals surface area contributed by atoms with Crippen LogP contribution in [0, 0.1) is 0 Å². The van der Waals surface area contributed by atoms with Gasteiger partial charge in [0.05, 0.1) is 17.9 Å². The van der Waals surface area contributed by atoms with E-state index in [0.29, 0.717) is 11.9 Å². The van der Waals surface area contributed by atoms with Crippen molar-refractivity contribution >= 4 is 11.8 Å². The standard InChI is InChI=1S/C28H34N8/c1-20-17-22-19-34(3)27(21-7-5-4-6-8-21)25(22)26-23(20)18-29-28(31-26)30-24-9-10-36(32-24)16-15-35-13-11-33(2)12-14-35/h4-10,18-20H,11-17H2,1-3H3,(H,29,30,31,32)/t20-/m1/s1. The lowest BCUT2D eigenvalue weighted by atomic mass is 9.83. The van der Waals surface area contributed by atoms with E-state index in [2.05, 4.69) is 82.2 Å². The summed E-state index contributed by atoms with van der Waals surface area (Å²) in [5.41, 5.74) is 7.20. The molecule has 1 fully saturated rings. The second-order valence-corrected chi connectivity index (χ2v) is 10.2. The smallest absolute Gasteiger partial charge is 0.228 e. The fourth-order valence-corrected chi connectivity index (χ4v) is 5.49. The van der Waals surface area contributed by atoms with Crippen molar-refractivity contribution in [2.75, 3.05) is 45.1 Å². The average Bonchev–Trinajstić information content (AvgIpc) is 3.47. The van der Waals surface area contributed by atoms with Gasteiger partial charge in [0.1, 0.15) is 0 Å². The quantitative estimate of drug-likeness (QED) is 0.448. The molecule has 2 aliphatic rings. The van der Waals surface area contributed by atoms with Crippen LogP contribution in [-0.4, -0.2) is 73.9 Å². The van der Waals surface area contributed by atoms with Crippen LogP contribution in [0.25, 0.3) is 22.5 Å². The Morgan fingerprint density at radius 1 is 1.00 bits per heavy atom. The average molecular weight is 483 g/mol. The maximum absolute atomic E-state index is 5.04. The van der Waals surface area contributed by atoms with Crippen LogP contribution in [0.2, 0.25) is 0 Å². The molecule has 4 aromatic rings. The van der Waals surface area contributed by atoms with E-state index in [4.69, 9.17) is 10.1 Å². The highest BCUT2D eigenvalue weighted by atomic mass is 15.3. The number of hydrogen-bond donors (Lipinski definition) is 1. The SMILES string of the molecule is C[C@@H]1Cc2cn(C)c(-c3ccccc3)c2-c2nc(Nc3ccn(CCN4CCN(C)CC4)n3)ncc21. The lowest BCUT2D eigenvalue weighted by molar-refractivity contribution is 0.149. The summed E-state index contributed by atoms with van der Waals surface area (Å²) in [7, 11) is 4.31. The number of aromatic nitrogens is 5. The molecule has 0 unspecified atom stereocenters. The van der Waals surface area contributed by atoms with E-state index < -0.39 is 0 Å². The Hall–Kier alpha value is -3.49. The summed E-state index contributed by atoms with van der Waals surface area (Å²) in [5.74, 6) is 1.73. The fraction of sp³-hybridized carbons (Fsp3) is 0.393. The molecule has 3 aromatic heterocycles. The molecule has 8 nitrogen and oxygen atoms in total. The molecule has 1 aliphatic carbocycles. The van der Waals surface area contributed by atoms with Gasteiger partial charge in [-0.25, -0.2) is 9.97 Å². The van der Waals surface area contributed by atoms with Crippen LogP contribution in [0.1, 0.15) is 24.0 Å². The Labute approximate surface area is 212 Å². The monoisotopic (exact) mass is 482 g/mol. The third-order valence-electron chi connectivity index (χ3n) is 7.54. The first-order valence-electron chi connectivity index (χ1n) is 12.9. The number of piperazine rings is 1. The minimum atomic E-state index is 0.376. The highest BCUT2D eigenvalue weighted by Gasteiger charge is 2.29. The van der Waals surface area contributed by atoms with Crippen molar-refractivity contribution in [3.63, 3.8) is 0 Å². The first kappa shape index (κ1) is 22.9. The number of likely N-dealkylation sites (N-methyl/N-ethyl adjacent to an activating group) is 1. The Morgan fingerprint density at radius 2 is 1.81 bits per heavy atom. The van der Waals surface area contributed by atoms with E-state index in [-0.39, 0.29) is 0 Å². The van der Waals surface area contributed by atoms with Gasteiger partial charge in [0.15, 0.2) is 5.82 Å². The maximum Gasteiger partial charge on any atom is 0.228 e. The molecule has 4 heterocycles. The molecule has 0 radical (unpaired) electrons. The maximum atomic E-state index is 5.04. The van der Waals surface area contributed by atoms with Gasteiger partial charge in [-0.1, -0.05) is 37.3 Å². The molecule has 6 rings (SSSR count). The van der Waals surface area contributed by atoms with Gasteiger partial charge in [0, 0.05) is 75.6 Å². The van der Waals surface area contributed by atoms with Crippen molar-refractivity contribution in [3.8, 4) is 22.5 Å². The van der Waals surface area contributed by atoms with Crippen LogP contribution in [0.5, 0.6) is 0 Å². The Bertz CT molecular complexity index is 1350. The van der Waals surface area contributed by atoms with Gasteiger partial charge in [0.25, 0.3) is 0 Å². The van der Waals surface area contributed by atoms with Gasteiger partial charge >= 0.3 is 0 Å². The van der Waals surface area contributed by atoms with Crippen molar-refractivity contribution in [2.24, 2.45) is 7.05 Å². The third kappa shape index (κ3) is 4.42. The number of anilines is 2. The number of benzene rings is 1. The van der Waals surface area contributed by atoms with Crippen LogP contribution in [0.15, 0.2) is 55.0 Å². The molecule has 0 spiro atoms. The molecule has 36 heavy (non-hydrogen) atoms. The third-order valence-corrected chi connectivity index (χ3v) is 7.54. The number of fused-ring (bicyclic) bond motifs is 3. The van der Waals surface area contributed by atoms with Gasteiger partial charge in [-0.2, -0.15) is 5.10 Å². The topological polar surface area (TPSA) is 67.0 Å². The van der Waals surface area contributed by atoms with Crippen LogP contribution >= 0.6 is 0 Å². The van der Waals surface area contributed by atoms with E-state index in [1.54, 1.807) is 0 Å². The van der Waals surface area contributed by atoms with E-state index in [1.165, 1.54) is 27.9 Å². The molecule has 1 aliphatic heterocycles. The molecule has 1 atom stereocenters. The zero-order valence-electron chi connectivity index (χ0n) is 21.4. The second kappa shape index (κ2) is 9.52. The van der Waals surface area contributed by atoms with E-state index in [1.807, 2.05) is 23.1 Å². The summed E-state index contributed by atoms with van der Waals surface area (Å²) in [5, 5.41) is 8.08. The van der Waals surface area contributed by atoms with E-state index >= 15 is 0 Å². The molecular weight excluding hydrogens is 448 g/mol. The Morgan fingerprint density at radius 3 is 2.61 bits per heavy atom. The summed E-state index contributed by atoms with van der Waals surface area (Å²) in [4.78, 5) is 14.6. The molecular formula is C28H34N8. The molecule has 0 amide bonds. The highest BCUT2D eigenvalue weighted by molar-refractivity contribution is 5.86. The first-order chi connectivity index (χ1) is 17.5. The van der Waals surface area contributed by atoms with E-state index in [9.17, 15) is 0 Å². The van der Waals surface area contributed by atoms with Crippen LogP contribution in [0.3, 0.4) is 0 Å². The predicted octanol–water partition coefficient (Wildman–Crippen LogP) is 4.00. The van der Waals surface area contributed by atoms with Crippen molar-refractivity contribution in [1.29, 1.82) is 0 Å². The fourth-order valence-electron chi connectivity index (χ4n) is 5.49. The van der Waals surface area contributed by atoms with Crippen molar-refractivity contribution in [2.45, 2.75) is 25.8 Å². The molecule has 0 bridgehead atoms. The molecule has 186 valence electrons. The van der Waals surface area contributed by atoms with Crippen molar-refractivity contribution < 1.29 is 0 Å². The molecule has 8 heteroatoms. The number of nitrogens with one attached hydrogen (secondary N) is 1. The van der Waals surface area contributed by atoms with Crippen LogP contribution < -0.4 is 5.32 Å². The highest BCUT2D eigenvalue weighted by Crippen LogP contribution is 2.44. The Kier molecular flexibility index (Phi) is 6.07. The van der Waals surface area contributed by atoms with E-state index in [0.717, 1.165) is 57.2 Å². The normalized spacial score (nSPS) is 18.1. The van der Waals surface area contributed by atoms with Gasteiger partial charge in [-0.3, -0.25) is 9.58 Å². The molecule has 1 aromatic carbocycles. The molecule has 0 saturated carbocycles. The molecule has 1 saturated heterocycles. The summed E-state index contributed by atoms with van der Waals surface area (Å²) < 4.78 is 4.24. The number of hydrogen-bond acceptors (Lipinski definition) is 6. The van der Waals surface area contributed by atoms with Gasteiger partial charge in [-0.05, 0) is 30.5 Å². The summed E-state index contributed by atoms with van der Waals surface area (Å²) >= 11 is 0. The largest absolute Gasteiger partial charge is 0.350 e. The van der Waals surface area contributed by atoms with Crippen molar-refractivity contribution in [3.05, 3.63) is 66.1 Å². The predicted molar refractivity (Wildman–Crippen MR) is 143 cm³/mol. The number of aryl methyl sites for hydroxylation is 1. The number of rotatable bonds is 6. The number of nitrogens with zero attached hydrogens (tertiary/aromatic N) is 7. The van der Waals surface area contributed by atoms with Gasteiger partial charge in [-0.15, -0.1) is 0 Å². The molecule has 1 N–H and O–H groups in total. The van der Waals surface area contributed by atoms with Crippen LogP contribution in [0.4, 0.5) is 11.8 Å². The Balaban J connectivity index is 1.24. The summed E-state index contributed by atoms with van der Waals surface area (Å²) in [6, 6.07) is 12.6. The van der Waals surface area contributed by atoms with Gasteiger partial charge < -0.3 is 14.8 Å². The first-order valence-corrected chi connectivity index (χ1v) is 12.9. The summed E-state index contributed by atoms with van der Waals surface area (Å²) in [6.07, 6.45) is 7.28. The summed E-state index contributed by atoms with van der Waals surface area (Å²) in [6.45, 7) is 8.66. The zero-order chi connectivity index (χ0) is 24.6. The van der Waals surface area contributed by atoms with Crippen molar-refractivity contribution in [1.82, 2.24) is 34.1 Å². The second-order valence-electron chi connectivity index (χ2n) is 10.2. The lowest BCUT2D eigenvalue weighted by Crippen LogP contribution is -2.45. The van der Waals surface area contributed by atoms with Gasteiger partial charge in [0.2, 0.25) is 5.95 Å². The minimum Gasteiger partial charge on any atom is -0.350 e. The lowest BCUT2D eigenvalue weighted by Gasteiger charge is -2.32. The zero-order valence-corrected chi connectivity index (χ0v) is 21.4. The minimum absolute atomic E-state index is 0.376.